The van der Waals surface area contributed by atoms with Crippen molar-refractivity contribution in [1.29, 1.82) is 0 Å². The highest BCUT2D eigenvalue weighted by Gasteiger charge is 2.14. The van der Waals surface area contributed by atoms with Crippen LogP contribution >= 0.6 is 0 Å². The molecule has 138 valence electrons. The minimum Gasteiger partial charge on any atom is -0.481 e. The van der Waals surface area contributed by atoms with Gasteiger partial charge in [0.1, 0.15) is 0 Å². The van der Waals surface area contributed by atoms with Crippen LogP contribution in [0.3, 0.4) is 0 Å². The van der Waals surface area contributed by atoms with Gasteiger partial charge in [-0.3, -0.25) is 4.79 Å². The minimum atomic E-state index is -3.52. The second kappa shape index (κ2) is 8.59. The molecule has 8 heteroatoms. The lowest BCUT2D eigenvalue weighted by Crippen LogP contribution is -2.30. The van der Waals surface area contributed by atoms with E-state index in [1.165, 1.54) is 31.5 Å². The van der Waals surface area contributed by atoms with Crippen LogP contribution in [0, 0.1) is 0 Å². The highest BCUT2D eigenvalue weighted by molar-refractivity contribution is 7.89. The van der Waals surface area contributed by atoms with E-state index in [2.05, 4.69) is 15.0 Å². The van der Waals surface area contributed by atoms with Gasteiger partial charge in [-0.1, -0.05) is 12.1 Å². The molecule has 2 N–H and O–H groups in total. The van der Waals surface area contributed by atoms with Crippen molar-refractivity contribution in [3.05, 3.63) is 54.2 Å². The van der Waals surface area contributed by atoms with E-state index < -0.39 is 10.0 Å². The van der Waals surface area contributed by atoms with Crippen LogP contribution in [-0.2, 0) is 14.8 Å². The van der Waals surface area contributed by atoms with Gasteiger partial charge in [0, 0.05) is 18.2 Å². The van der Waals surface area contributed by atoms with E-state index >= 15 is 0 Å². The van der Waals surface area contributed by atoms with E-state index in [1.54, 1.807) is 44.2 Å². The molecule has 7 nitrogen and oxygen atoms in total. The fourth-order valence-electron chi connectivity index (χ4n) is 2.07. The summed E-state index contributed by atoms with van der Waals surface area (Å²) in [7, 11) is -2.01. The Bertz CT molecular complexity index is 874. The van der Waals surface area contributed by atoms with Gasteiger partial charge in [0.15, 0.2) is 0 Å². The van der Waals surface area contributed by atoms with Gasteiger partial charge in [-0.15, -0.1) is 0 Å². The Kier molecular flexibility index (Phi) is 6.48. The second-order valence-corrected chi connectivity index (χ2v) is 7.47. The Morgan fingerprint density at radius 1 is 1.15 bits per heavy atom. The quantitative estimate of drug-likeness (QED) is 0.725. The zero-order valence-corrected chi connectivity index (χ0v) is 15.6. The number of benzene rings is 1. The lowest BCUT2D eigenvalue weighted by Gasteiger charge is -2.09. The molecule has 0 fully saturated rings. The van der Waals surface area contributed by atoms with Crippen LogP contribution in [-0.4, -0.2) is 32.5 Å². The molecule has 1 aromatic heterocycles. The van der Waals surface area contributed by atoms with Gasteiger partial charge in [0.05, 0.1) is 23.9 Å². The number of ether oxygens (including phenoxy) is 1. The summed E-state index contributed by atoms with van der Waals surface area (Å²) in [6.45, 7) is 3.51. The number of aromatic nitrogens is 1. The standard InChI is InChI=1S/C18H21N3O4S/c1-13(2)21-26(23,24)16-8-4-14(5-9-16)6-10-17(22)20-15-7-11-18(25-3)19-12-15/h4-13,21H,1-3H3,(H,20,22)/b10-6+. The Hall–Kier alpha value is -2.71. The molecule has 26 heavy (non-hydrogen) atoms. The topological polar surface area (TPSA) is 97.4 Å². The van der Waals surface area contributed by atoms with Crippen molar-refractivity contribution in [3.8, 4) is 5.88 Å². The first-order valence-electron chi connectivity index (χ1n) is 7.91. The number of sulfonamides is 1. The Balaban J connectivity index is 2.00. The second-order valence-electron chi connectivity index (χ2n) is 5.76. The smallest absolute Gasteiger partial charge is 0.248 e. The van der Waals surface area contributed by atoms with Crippen LogP contribution in [0.4, 0.5) is 5.69 Å². The molecule has 2 aromatic rings. The molecule has 0 saturated carbocycles. The first-order chi connectivity index (χ1) is 12.3. The molecule has 0 spiro atoms. The van der Waals surface area contributed by atoms with Crippen LogP contribution < -0.4 is 14.8 Å². The summed E-state index contributed by atoms with van der Waals surface area (Å²) in [5.41, 5.74) is 1.25. The largest absolute Gasteiger partial charge is 0.481 e. The molecule has 0 unspecified atom stereocenters. The summed E-state index contributed by atoms with van der Waals surface area (Å²) in [4.78, 5) is 16.1. The summed E-state index contributed by atoms with van der Waals surface area (Å²) >= 11 is 0. The van der Waals surface area contributed by atoms with E-state index in [4.69, 9.17) is 4.74 Å². The van der Waals surface area contributed by atoms with E-state index in [1.807, 2.05) is 0 Å². The van der Waals surface area contributed by atoms with Crippen molar-refractivity contribution >= 4 is 27.7 Å². The zero-order valence-electron chi connectivity index (χ0n) is 14.8. The van der Waals surface area contributed by atoms with E-state index in [-0.39, 0.29) is 16.8 Å². The zero-order chi connectivity index (χ0) is 19.2. The van der Waals surface area contributed by atoms with Crippen LogP contribution in [0.1, 0.15) is 19.4 Å². The maximum absolute atomic E-state index is 12.1. The molecular weight excluding hydrogens is 354 g/mol. The van der Waals surface area contributed by atoms with Crippen LogP contribution in [0.2, 0.25) is 0 Å². The average molecular weight is 375 g/mol. The summed E-state index contributed by atoms with van der Waals surface area (Å²) in [6, 6.07) is 9.39. The number of carbonyl (C=O) groups excluding carboxylic acids is 1. The monoisotopic (exact) mass is 375 g/mol. The maximum Gasteiger partial charge on any atom is 0.248 e. The predicted octanol–water partition coefficient (Wildman–Crippen LogP) is 2.43. The summed E-state index contributed by atoms with van der Waals surface area (Å²) in [6.07, 6.45) is 4.45. The molecular formula is C18H21N3O4S. The molecule has 0 radical (unpaired) electrons. The van der Waals surface area contributed by atoms with Crippen molar-refractivity contribution in [3.63, 3.8) is 0 Å². The number of nitrogens with one attached hydrogen (secondary N) is 2. The third-order valence-electron chi connectivity index (χ3n) is 3.22. The number of anilines is 1. The number of rotatable bonds is 7. The van der Waals surface area contributed by atoms with Gasteiger partial charge in [-0.25, -0.2) is 18.1 Å². The van der Waals surface area contributed by atoms with Crippen molar-refractivity contribution in [1.82, 2.24) is 9.71 Å². The van der Waals surface area contributed by atoms with Crippen molar-refractivity contribution in [2.75, 3.05) is 12.4 Å². The maximum atomic E-state index is 12.1. The highest BCUT2D eigenvalue weighted by atomic mass is 32.2. The fourth-order valence-corrected chi connectivity index (χ4v) is 3.32. The molecule has 0 aliphatic carbocycles. The molecule has 1 aromatic carbocycles. The normalized spacial score (nSPS) is 11.7. The lowest BCUT2D eigenvalue weighted by atomic mass is 10.2. The number of carbonyl (C=O) groups is 1. The number of amides is 1. The van der Waals surface area contributed by atoms with Gasteiger partial charge >= 0.3 is 0 Å². The van der Waals surface area contributed by atoms with Gasteiger partial charge < -0.3 is 10.1 Å². The summed E-state index contributed by atoms with van der Waals surface area (Å²) < 4.78 is 31.6. The van der Waals surface area contributed by atoms with Gasteiger partial charge in [-0.05, 0) is 43.7 Å². The molecule has 0 bridgehead atoms. The predicted molar refractivity (Wildman–Crippen MR) is 100 cm³/mol. The number of nitrogens with zero attached hydrogens (tertiary/aromatic N) is 1. The summed E-state index contributed by atoms with van der Waals surface area (Å²) in [5.74, 6) is 0.135. The average Bonchev–Trinajstić information content (AvgIpc) is 2.60. The lowest BCUT2D eigenvalue weighted by molar-refractivity contribution is -0.111. The molecule has 0 atom stereocenters. The molecule has 1 amide bonds. The van der Waals surface area contributed by atoms with Crippen LogP contribution in [0.25, 0.3) is 6.08 Å². The first-order valence-corrected chi connectivity index (χ1v) is 9.40. The van der Waals surface area contributed by atoms with Crippen molar-refractivity contribution < 1.29 is 17.9 Å². The van der Waals surface area contributed by atoms with Crippen molar-refractivity contribution in [2.24, 2.45) is 0 Å². The van der Waals surface area contributed by atoms with E-state index in [0.29, 0.717) is 17.1 Å². The van der Waals surface area contributed by atoms with E-state index in [0.717, 1.165) is 0 Å². The van der Waals surface area contributed by atoms with Crippen LogP contribution in [0.15, 0.2) is 53.6 Å². The third kappa shape index (κ3) is 5.68. The molecule has 2 rings (SSSR count). The number of methoxy groups -OCH3 is 1. The molecule has 1 heterocycles. The SMILES string of the molecule is COc1ccc(NC(=O)/C=C/c2ccc(S(=O)(=O)NC(C)C)cc2)cn1. The molecule has 0 aliphatic heterocycles. The van der Waals surface area contributed by atoms with Gasteiger partial charge in [0.2, 0.25) is 21.8 Å². The number of hydrogen-bond donors (Lipinski definition) is 2. The van der Waals surface area contributed by atoms with Gasteiger partial charge in [-0.2, -0.15) is 0 Å². The number of pyridine rings is 1. The Morgan fingerprint density at radius 3 is 2.38 bits per heavy atom. The minimum absolute atomic E-state index is 0.178. The van der Waals surface area contributed by atoms with Crippen molar-refractivity contribution in [2.45, 2.75) is 24.8 Å². The number of hydrogen-bond acceptors (Lipinski definition) is 5. The fraction of sp³-hybridized carbons (Fsp3) is 0.222. The molecule has 0 aliphatic rings. The van der Waals surface area contributed by atoms with Gasteiger partial charge in [0.25, 0.3) is 0 Å². The summed E-state index contributed by atoms with van der Waals surface area (Å²) in [5, 5.41) is 2.67. The Morgan fingerprint density at radius 2 is 1.85 bits per heavy atom. The van der Waals surface area contributed by atoms with E-state index in [9.17, 15) is 13.2 Å². The third-order valence-corrected chi connectivity index (χ3v) is 4.90. The Labute approximate surface area is 153 Å². The highest BCUT2D eigenvalue weighted by Crippen LogP contribution is 2.13. The van der Waals surface area contributed by atoms with Crippen LogP contribution in [0.5, 0.6) is 5.88 Å². The first kappa shape index (κ1) is 19.6. The molecule has 0 saturated heterocycles.